The van der Waals surface area contributed by atoms with Crippen LogP contribution in [0.25, 0.3) is 0 Å². The minimum atomic E-state index is -3.62. The highest BCUT2D eigenvalue weighted by Crippen LogP contribution is 2.17. The van der Waals surface area contributed by atoms with Crippen molar-refractivity contribution in [1.82, 2.24) is 9.03 Å². The lowest BCUT2D eigenvalue weighted by Gasteiger charge is -2.33. The minimum absolute atomic E-state index is 0.147. The van der Waals surface area contributed by atoms with Crippen LogP contribution < -0.4 is 10.5 Å². The summed E-state index contributed by atoms with van der Waals surface area (Å²) < 4.78 is 27.9. The molecule has 0 saturated heterocycles. The van der Waals surface area contributed by atoms with E-state index < -0.39 is 15.7 Å². The van der Waals surface area contributed by atoms with Crippen molar-refractivity contribution in [3.05, 3.63) is 0 Å². The predicted octanol–water partition coefficient (Wildman–Crippen LogP) is 0.656. The number of hydrogen-bond donors (Lipinski definition) is 3. The van der Waals surface area contributed by atoms with E-state index in [-0.39, 0.29) is 11.9 Å². The van der Waals surface area contributed by atoms with Gasteiger partial charge in [0.05, 0.1) is 5.54 Å². The summed E-state index contributed by atoms with van der Waals surface area (Å²) in [6.07, 6.45) is 0.897. The molecule has 0 heterocycles. The van der Waals surface area contributed by atoms with E-state index in [4.69, 9.17) is 11.1 Å². The Bertz CT molecular complexity index is 361. The van der Waals surface area contributed by atoms with Gasteiger partial charge in [0.15, 0.2) is 0 Å². The molecule has 0 aliphatic carbocycles. The molecule has 0 aromatic heterocycles. The van der Waals surface area contributed by atoms with Crippen molar-refractivity contribution in [1.29, 1.82) is 5.41 Å². The number of rotatable bonds is 7. The third kappa shape index (κ3) is 3.65. The molecule has 0 rings (SSSR count). The Morgan fingerprint density at radius 2 is 1.82 bits per heavy atom. The molecule has 0 bridgehead atoms. The monoisotopic (exact) mass is 264 g/mol. The maximum Gasteiger partial charge on any atom is 0.280 e. The number of hydrogen-bond acceptors (Lipinski definition) is 3. The molecule has 0 aliphatic heterocycles. The summed E-state index contributed by atoms with van der Waals surface area (Å²) in [5.41, 5.74) is 4.53. The van der Waals surface area contributed by atoms with Crippen LogP contribution in [0.4, 0.5) is 0 Å². The summed E-state index contributed by atoms with van der Waals surface area (Å²) in [5.74, 6) is -0.150. The molecule has 0 spiro atoms. The van der Waals surface area contributed by atoms with Gasteiger partial charge in [0.25, 0.3) is 10.2 Å². The summed E-state index contributed by atoms with van der Waals surface area (Å²) in [6.45, 7) is 7.19. The van der Waals surface area contributed by atoms with Gasteiger partial charge in [-0.2, -0.15) is 17.4 Å². The van der Waals surface area contributed by atoms with Crippen LogP contribution >= 0.6 is 0 Å². The Balaban J connectivity index is 5.21. The average Bonchev–Trinajstić information content (AvgIpc) is 2.24. The van der Waals surface area contributed by atoms with E-state index in [9.17, 15) is 8.42 Å². The molecular formula is C10H24N4O2S. The number of amidine groups is 1. The second-order valence-electron chi connectivity index (χ2n) is 4.42. The van der Waals surface area contributed by atoms with Gasteiger partial charge < -0.3 is 5.73 Å². The third-order valence-electron chi connectivity index (χ3n) is 3.15. The zero-order valence-electron chi connectivity index (χ0n) is 11.2. The molecule has 0 unspecified atom stereocenters. The summed E-state index contributed by atoms with van der Waals surface area (Å²) in [5, 5.41) is 7.56. The first-order valence-corrected chi connectivity index (χ1v) is 7.18. The van der Waals surface area contributed by atoms with Crippen LogP contribution in [-0.4, -0.2) is 37.2 Å². The maximum atomic E-state index is 12.1. The van der Waals surface area contributed by atoms with Gasteiger partial charge >= 0.3 is 0 Å². The van der Waals surface area contributed by atoms with E-state index in [1.807, 2.05) is 13.8 Å². The lowest BCUT2D eigenvalue weighted by Crippen LogP contribution is -2.59. The fraction of sp³-hybridized carbons (Fsp3) is 0.900. The third-order valence-corrected chi connectivity index (χ3v) is 4.98. The SMILES string of the molecule is CCC(CC)(NS(=O)(=O)N(C)C(C)C)C(=N)N. The van der Waals surface area contributed by atoms with Gasteiger partial charge in [-0.3, -0.25) is 5.41 Å². The summed E-state index contributed by atoms with van der Waals surface area (Å²) in [6, 6.07) is -0.147. The van der Waals surface area contributed by atoms with Crippen molar-refractivity contribution in [3.8, 4) is 0 Å². The normalized spacial score (nSPS) is 13.4. The van der Waals surface area contributed by atoms with Crippen LogP contribution in [0, 0.1) is 5.41 Å². The van der Waals surface area contributed by atoms with Crippen LogP contribution in [0.15, 0.2) is 0 Å². The van der Waals surface area contributed by atoms with Crippen molar-refractivity contribution in [2.24, 2.45) is 5.73 Å². The smallest absolute Gasteiger partial charge is 0.280 e. The molecule has 7 heteroatoms. The van der Waals surface area contributed by atoms with Crippen molar-refractivity contribution in [3.63, 3.8) is 0 Å². The lowest BCUT2D eigenvalue weighted by molar-refractivity contribution is 0.378. The molecule has 0 aliphatic rings. The van der Waals surface area contributed by atoms with Gasteiger partial charge in [0, 0.05) is 13.1 Å². The fourth-order valence-electron chi connectivity index (χ4n) is 1.43. The Kier molecular flexibility index (Phi) is 5.57. The molecule has 0 aromatic rings. The Morgan fingerprint density at radius 3 is 2.06 bits per heavy atom. The molecule has 102 valence electrons. The van der Waals surface area contributed by atoms with Crippen molar-refractivity contribution < 1.29 is 8.42 Å². The Labute approximate surface area is 104 Å². The van der Waals surface area contributed by atoms with Crippen LogP contribution in [-0.2, 0) is 10.2 Å². The Hall–Kier alpha value is -0.660. The minimum Gasteiger partial charge on any atom is -0.386 e. The zero-order chi connectivity index (χ0) is 13.9. The second-order valence-corrected chi connectivity index (χ2v) is 6.15. The van der Waals surface area contributed by atoms with Crippen LogP contribution in [0.2, 0.25) is 0 Å². The highest BCUT2D eigenvalue weighted by molar-refractivity contribution is 7.87. The summed E-state index contributed by atoms with van der Waals surface area (Å²) >= 11 is 0. The summed E-state index contributed by atoms with van der Waals surface area (Å²) in [4.78, 5) is 0. The number of nitrogens with zero attached hydrogens (tertiary/aromatic N) is 1. The Morgan fingerprint density at radius 1 is 1.41 bits per heavy atom. The average molecular weight is 264 g/mol. The predicted molar refractivity (Wildman–Crippen MR) is 70.2 cm³/mol. The first kappa shape index (κ1) is 16.3. The second kappa shape index (κ2) is 5.79. The van der Waals surface area contributed by atoms with E-state index in [1.54, 1.807) is 13.8 Å². The largest absolute Gasteiger partial charge is 0.386 e. The fourth-order valence-corrected chi connectivity index (χ4v) is 3.02. The van der Waals surface area contributed by atoms with Gasteiger partial charge in [0.2, 0.25) is 0 Å². The van der Waals surface area contributed by atoms with Gasteiger partial charge in [-0.25, -0.2) is 0 Å². The number of nitrogens with two attached hydrogens (primary N) is 1. The van der Waals surface area contributed by atoms with Gasteiger partial charge in [-0.05, 0) is 26.7 Å². The van der Waals surface area contributed by atoms with Gasteiger partial charge in [-0.15, -0.1) is 0 Å². The molecule has 17 heavy (non-hydrogen) atoms. The van der Waals surface area contributed by atoms with Crippen molar-refractivity contribution in [2.75, 3.05) is 7.05 Å². The summed E-state index contributed by atoms with van der Waals surface area (Å²) in [7, 11) is -2.12. The maximum absolute atomic E-state index is 12.1. The first-order chi connectivity index (χ1) is 7.63. The zero-order valence-corrected chi connectivity index (χ0v) is 12.1. The van der Waals surface area contributed by atoms with E-state index in [2.05, 4.69) is 4.72 Å². The number of nitrogens with one attached hydrogen (secondary N) is 2. The molecule has 0 saturated carbocycles. The first-order valence-electron chi connectivity index (χ1n) is 5.74. The van der Waals surface area contributed by atoms with Crippen LogP contribution in [0.3, 0.4) is 0 Å². The highest BCUT2D eigenvalue weighted by Gasteiger charge is 2.36. The molecule has 0 atom stereocenters. The molecule has 0 radical (unpaired) electrons. The highest BCUT2D eigenvalue weighted by atomic mass is 32.2. The van der Waals surface area contributed by atoms with Gasteiger partial charge in [-0.1, -0.05) is 13.8 Å². The lowest BCUT2D eigenvalue weighted by atomic mass is 9.93. The standard InChI is InChI=1S/C10H24N4O2S/c1-6-10(7-2,9(11)12)13-17(15,16)14(5)8(3)4/h8,13H,6-7H2,1-5H3,(H3,11,12). The molecule has 6 nitrogen and oxygen atoms in total. The van der Waals surface area contributed by atoms with Gasteiger partial charge in [0.1, 0.15) is 5.84 Å². The van der Waals surface area contributed by atoms with Crippen LogP contribution in [0.1, 0.15) is 40.5 Å². The van der Waals surface area contributed by atoms with Crippen molar-refractivity contribution in [2.45, 2.75) is 52.1 Å². The molecule has 4 N–H and O–H groups in total. The topological polar surface area (TPSA) is 99.3 Å². The molecule has 0 amide bonds. The van der Waals surface area contributed by atoms with E-state index in [1.165, 1.54) is 11.4 Å². The molecule has 0 aromatic carbocycles. The van der Waals surface area contributed by atoms with E-state index >= 15 is 0 Å². The molecular weight excluding hydrogens is 240 g/mol. The molecule has 0 fully saturated rings. The van der Waals surface area contributed by atoms with Crippen molar-refractivity contribution >= 4 is 16.0 Å². The van der Waals surface area contributed by atoms with Crippen LogP contribution in [0.5, 0.6) is 0 Å². The quantitative estimate of drug-likeness (QED) is 0.465. The van der Waals surface area contributed by atoms with E-state index in [0.29, 0.717) is 12.8 Å². The van der Waals surface area contributed by atoms with E-state index in [0.717, 1.165) is 0 Å².